The Morgan fingerprint density at radius 2 is 1.94 bits per heavy atom. The molecule has 2 aromatic heterocycles. The van der Waals surface area contributed by atoms with Crippen molar-refractivity contribution in [2.75, 3.05) is 11.5 Å². The largest absolute Gasteiger partial charge is 0.383 e. The summed E-state index contributed by atoms with van der Waals surface area (Å²) >= 11 is 1.20. The van der Waals surface area contributed by atoms with Gasteiger partial charge in [0.15, 0.2) is 10.9 Å². The third-order valence-corrected chi connectivity index (χ3v) is 2.74. The van der Waals surface area contributed by atoms with E-state index in [1.807, 2.05) is 6.07 Å². The van der Waals surface area contributed by atoms with E-state index in [9.17, 15) is 0 Å². The standard InChI is InChI=1S/C10H8N6S/c11-5-6-7(2-1-3-14-6)17-10-15-8(12)4-9(13)16-10/h1-4H,(H4,12,13,15,16). The summed E-state index contributed by atoms with van der Waals surface area (Å²) in [4.78, 5) is 12.6. The summed E-state index contributed by atoms with van der Waals surface area (Å²) in [6, 6.07) is 6.96. The molecule has 0 saturated carbocycles. The lowest BCUT2D eigenvalue weighted by molar-refractivity contribution is 0.982. The maximum absolute atomic E-state index is 8.89. The van der Waals surface area contributed by atoms with Crippen LogP contribution >= 0.6 is 11.8 Å². The molecule has 0 saturated heterocycles. The van der Waals surface area contributed by atoms with Gasteiger partial charge in [0.25, 0.3) is 0 Å². The topological polar surface area (TPSA) is 114 Å². The van der Waals surface area contributed by atoms with E-state index in [0.29, 0.717) is 27.4 Å². The number of hydrogen-bond donors (Lipinski definition) is 2. The third kappa shape index (κ3) is 2.62. The zero-order chi connectivity index (χ0) is 12.3. The Kier molecular flexibility index (Phi) is 3.07. The van der Waals surface area contributed by atoms with Crippen molar-refractivity contribution in [2.45, 2.75) is 10.1 Å². The van der Waals surface area contributed by atoms with Gasteiger partial charge in [0.05, 0.1) is 4.90 Å². The number of aromatic nitrogens is 3. The highest BCUT2D eigenvalue weighted by Crippen LogP contribution is 2.27. The predicted molar refractivity (Wildman–Crippen MR) is 63.9 cm³/mol. The highest BCUT2D eigenvalue weighted by Gasteiger charge is 2.07. The fourth-order valence-electron chi connectivity index (χ4n) is 1.16. The molecule has 6 nitrogen and oxygen atoms in total. The van der Waals surface area contributed by atoms with Gasteiger partial charge in [-0.05, 0) is 23.9 Å². The lowest BCUT2D eigenvalue weighted by Crippen LogP contribution is -1.99. The van der Waals surface area contributed by atoms with Crippen LogP contribution in [0, 0.1) is 11.3 Å². The average Bonchev–Trinajstić information content (AvgIpc) is 2.28. The van der Waals surface area contributed by atoms with Gasteiger partial charge in [-0.1, -0.05) is 0 Å². The number of nitriles is 1. The molecule has 0 aromatic carbocycles. The summed E-state index contributed by atoms with van der Waals surface area (Å²) in [6.07, 6.45) is 1.55. The number of nitrogens with zero attached hydrogens (tertiary/aromatic N) is 4. The number of rotatable bonds is 2. The van der Waals surface area contributed by atoms with Crippen LogP contribution in [-0.4, -0.2) is 15.0 Å². The molecule has 0 aliphatic carbocycles. The maximum Gasteiger partial charge on any atom is 0.196 e. The molecule has 0 bridgehead atoms. The molecule has 0 unspecified atom stereocenters. The van der Waals surface area contributed by atoms with Crippen LogP contribution in [-0.2, 0) is 0 Å². The van der Waals surface area contributed by atoms with Crippen LogP contribution in [0.1, 0.15) is 5.69 Å². The van der Waals surface area contributed by atoms with Crippen LogP contribution in [0.3, 0.4) is 0 Å². The number of hydrogen-bond acceptors (Lipinski definition) is 7. The molecule has 0 aliphatic heterocycles. The van der Waals surface area contributed by atoms with E-state index in [2.05, 4.69) is 15.0 Å². The van der Waals surface area contributed by atoms with E-state index >= 15 is 0 Å². The SMILES string of the molecule is N#Cc1ncccc1Sc1nc(N)cc(N)n1. The Bertz CT molecular complexity index is 571. The number of nitrogens with two attached hydrogens (primary N) is 2. The smallest absolute Gasteiger partial charge is 0.196 e. The van der Waals surface area contributed by atoms with Crippen molar-refractivity contribution < 1.29 is 0 Å². The number of pyridine rings is 1. The third-order valence-electron chi connectivity index (χ3n) is 1.82. The second-order valence-corrected chi connectivity index (χ2v) is 4.07. The van der Waals surface area contributed by atoms with Gasteiger partial charge in [0, 0.05) is 12.3 Å². The molecule has 7 heteroatoms. The first-order valence-electron chi connectivity index (χ1n) is 4.62. The molecule has 0 amide bonds. The predicted octanol–water partition coefficient (Wildman–Crippen LogP) is 1.06. The van der Waals surface area contributed by atoms with Crippen LogP contribution in [0.4, 0.5) is 11.6 Å². The quantitative estimate of drug-likeness (QED) is 0.759. The van der Waals surface area contributed by atoms with Gasteiger partial charge in [0.2, 0.25) is 0 Å². The fourth-order valence-corrected chi connectivity index (χ4v) is 2.00. The van der Waals surface area contributed by atoms with E-state index in [-0.39, 0.29) is 0 Å². The molecule has 0 spiro atoms. The molecule has 2 aromatic rings. The van der Waals surface area contributed by atoms with E-state index < -0.39 is 0 Å². The maximum atomic E-state index is 8.89. The first-order valence-corrected chi connectivity index (χ1v) is 5.43. The van der Waals surface area contributed by atoms with E-state index in [4.69, 9.17) is 16.7 Å². The molecule has 4 N–H and O–H groups in total. The molecule has 84 valence electrons. The molecular weight excluding hydrogens is 236 g/mol. The zero-order valence-corrected chi connectivity index (χ0v) is 9.48. The molecule has 17 heavy (non-hydrogen) atoms. The second-order valence-electron chi connectivity index (χ2n) is 3.06. The number of anilines is 2. The Morgan fingerprint density at radius 3 is 2.59 bits per heavy atom. The minimum Gasteiger partial charge on any atom is -0.383 e. The van der Waals surface area contributed by atoms with Crippen LogP contribution in [0.2, 0.25) is 0 Å². The molecule has 0 fully saturated rings. The van der Waals surface area contributed by atoms with Gasteiger partial charge in [0.1, 0.15) is 17.7 Å². The van der Waals surface area contributed by atoms with E-state index in [1.54, 1.807) is 18.3 Å². The minimum atomic E-state index is 0.294. The van der Waals surface area contributed by atoms with Gasteiger partial charge >= 0.3 is 0 Å². The van der Waals surface area contributed by atoms with Crippen molar-refractivity contribution in [1.82, 2.24) is 15.0 Å². The van der Waals surface area contributed by atoms with Crippen molar-refractivity contribution >= 4 is 23.4 Å². The average molecular weight is 244 g/mol. The van der Waals surface area contributed by atoms with E-state index in [1.165, 1.54) is 17.8 Å². The first kappa shape index (κ1) is 11.2. The van der Waals surface area contributed by atoms with Crippen LogP contribution in [0.25, 0.3) is 0 Å². The van der Waals surface area contributed by atoms with Crippen molar-refractivity contribution in [1.29, 1.82) is 5.26 Å². The lowest BCUT2D eigenvalue weighted by Gasteiger charge is -2.03. The molecular formula is C10H8N6S. The monoisotopic (exact) mass is 244 g/mol. The van der Waals surface area contributed by atoms with Crippen molar-refractivity contribution in [3.05, 3.63) is 30.1 Å². The van der Waals surface area contributed by atoms with Crippen molar-refractivity contribution in [2.24, 2.45) is 0 Å². The van der Waals surface area contributed by atoms with Gasteiger partial charge < -0.3 is 11.5 Å². The molecule has 2 rings (SSSR count). The molecule has 0 atom stereocenters. The van der Waals surface area contributed by atoms with Crippen LogP contribution in [0.15, 0.2) is 34.4 Å². The summed E-state index contributed by atoms with van der Waals surface area (Å²) in [6.45, 7) is 0. The van der Waals surface area contributed by atoms with E-state index in [0.717, 1.165) is 0 Å². The highest BCUT2D eigenvalue weighted by atomic mass is 32.2. The minimum absolute atomic E-state index is 0.294. The van der Waals surface area contributed by atoms with Crippen molar-refractivity contribution in [3.8, 4) is 6.07 Å². The highest BCUT2D eigenvalue weighted by molar-refractivity contribution is 7.99. The van der Waals surface area contributed by atoms with Gasteiger partial charge in [-0.25, -0.2) is 15.0 Å². The van der Waals surface area contributed by atoms with Gasteiger partial charge in [-0.3, -0.25) is 0 Å². The Labute approximate surface area is 102 Å². The summed E-state index contributed by atoms with van der Waals surface area (Å²) < 4.78 is 0. The summed E-state index contributed by atoms with van der Waals surface area (Å²) in [7, 11) is 0. The zero-order valence-electron chi connectivity index (χ0n) is 8.66. The normalized spacial score (nSPS) is 9.82. The summed E-state index contributed by atoms with van der Waals surface area (Å²) in [5.41, 5.74) is 11.4. The van der Waals surface area contributed by atoms with Crippen LogP contribution < -0.4 is 11.5 Å². The van der Waals surface area contributed by atoms with Crippen molar-refractivity contribution in [3.63, 3.8) is 0 Å². The summed E-state index contributed by atoms with van der Waals surface area (Å²) in [5, 5.41) is 9.28. The van der Waals surface area contributed by atoms with Gasteiger partial charge in [-0.15, -0.1) is 0 Å². The molecule has 0 radical (unpaired) electrons. The summed E-state index contributed by atoms with van der Waals surface area (Å²) in [5.74, 6) is 0.588. The fraction of sp³-hybridized carbons (Fsp3) is 0. The Morgan fingerprint density at radius 1 is 1.24 bits per heavy atom. The van der Waals surface area contributed by atoms with Gasteiger partial charge in [-0.2, -0.15) is 5.26 Å². The number of nitrogen functional groups attached to an aromatic ring is 2. The van der Waals surface area contributed by atoms with Crippen LogP contribution in [0.5, 0.6) is 0 Å². The Hall–Kier alpha value is -2.33. The Balaban J connectivity index is 2.35. The second kappa shape index (κ2) is 4.67. The molecule has 2 heterocycles. The first-order chi connectivity index (χ1) is 8.19. The molecule has 0 aliphatic rings. The lowest BCUT2D eigenvalue weighted by atomic mass is 10.4.